The van der Waals surface area contributed by atoms with E-state index in [2.05, 4.69) is 33.8 Å². The highest BCUT2D eigenvalue weighted by Gasteiger charge is 2.14. The second-order valence-electron chi connectivity index (χ2n) is 6.35. The van der Waals surface area contributed by atoms with Crippen molar-refractivity contribution in [1.29, 1.82) is 0 Å². The highest BCUT2D eigenvalue weighted by Crippen LogP contribution is 2.28. The third-order valence-electron chi connectivity index (χ3n) is 4.64. The molecular formula is C19H31N3O. The predicted molar refractivity (Wildman–Crippen MR) is 96.5 cm³/mol. The average Bonchev–Trinajstić information content (AvgIpc) is 3.09. The number of nitrogens with one attached hydrogen (secondary N) is 2. The van der Waals surface area contributed by atoms with Crippen molar-refractivity contribution in [3.63, 3.8) is 0 Å². The molecular weight excluding hydrogens is 286 g/mol. The van der Waals surface area contributed by atoms with Gasteiger partial charge in [-0.05, 0) is 29.9 Å². The first kappa shape index (κ1) is 17.8. The Labute approximate surface area is 140 Å². The zero-order valence-corrected chi connectivity index (χ0v) is 14.6. The van der Waals surface area contributed by atoms with E-state index in [9.17, 15) is 0 Å². The topological polar surface area (TPSA) is 45.7 Å². The lowest BCUT2D eigenvalue weighted by Crippen LogP contribution is -2.37. The molecule has 2 N–H and O–H groups in total. The maximum Gasteiger partial charge on any atom is 0.191 e. The van der Waals surface area contributed by atoms with Gasteiger partial charge in [-0.25, -0.2) is 0 Å². The van der Waals surface area contributed by atoms with Gasteiger partial charge in [0.15, 0.2) is 5.96 Å². The summed E-state index contributed by atoms with van der Waals surface area (Å²) in [6, 6.07) is 8.36. The maximum absolute atomic E-state index is 5.26. The first-order valence-corrected chi connectivity index (χ1v) is 8.83. The summed E-state index contributed by atoms with van der Waals surface area (Å²) in [5.74, 6) is 1.84. The number of rotatable bonds is 8. The van der Waals surface area contributed by atoms with Crippen molar-refractivity contribution in [2.45, 2.75) is 51.7 Å². The first-order chi connectivity index (χ1) is 11.3. The Morgan fingerprint density at radius 2 is 1.91 bits per heavy atom. The van der Waals surface area contributed by atoms with Gasteiger partial charge in [0, 0.05) is 27.2 Å². The predicted octanol–water partition coefficient (Wildman–Crippen LogP) is 3.47. The summed E-state index contributed by atoms with van der Waals surface area (Å²) in [5, 5.41) is 6.82. The van der Waals surface area contributed by atoms with Crippen LogP contribution in [0.25, 0.3) is 0 Å². The van der Waals surface area contributed by atoms with Crippen LogP contribution in [0.15, 0.2) is 29.3 Å². The Hall–Kier alpha value is -1.55. The van der Waals surface area contributed by atoms with E-state index in [0.717, 1.165) is 25.0 Å². The van der Waals surface area contributed by atoms with Crippen LogP contribution in [0.5, 0.6) is 0 Å². The second kappa shape index (κ2) is 10.3. The van der Waals surface area contributed by atoms with Crippen molar-refractivity contribution < 1.29 is 4.74 Å². The third-order valence-corrected chi connectivity index (χ3v) is 4.64. The molecule has 0 aromatic heterocycles. The van der Waals surface area contributed by atoms with Gasteiger partial charge in [-0.3, -0.25) is 4.99 Å². The second-order valence-corrected chi connectivity index (χ2v) is 6.35. The summed E-state index contributed by atoms with van der Waals surface area (Å²) >= 11 is 0. The van der Waals surface area contributed by atoms with Gasteiger partial charge in [0.05, 0.1) is 6.61 Å². The molecule has 1 saturated carbocycles. The van der Waals surface area contributed by atoms with Crippen LogP contribution in [-0.2, 0) is 17.9 Å². The van der Waals surface area contributed by atoms with Crippen LogP contribution in [0.1, 0.15) is 49.7 Å². The summed E-state index contributed by atoms with van der Waals surface area (Å²) in [6.45, 7) is 2.41. The molecule has 0 amide bonds. The molecule has 0 saturated heterocycles. The van der Waals surface area contributed by atoms with E-state index in [1.807, 2.05) is 13.1 Å². The van der Waals surface area contributed by atoms with Crippen LogP contribution < -0.4 is 10.6 Å². The van der Waals surface area contributed by atoms with Gasteiger partial charge in [0.2, 0.25) is 0 Å². The van der Waals surface area contributed by atoms with Crippen molar-refractivity contribution >= 4 is 5.96 Å². The normalized spacial score (nSPS) is 15.8. The zero-order valence-electron chi connectivity index (χ0n) is 14.6. The Kier molecular flexibility index (Phi) is 7.95. The van der Waals surface area contributed by atoms with Crippen molar-refractivity contribution in [1.82, 2.24) is 10.6 Å². The molecule has 128 valence electrons. The number of guanidine groups is 1. The van der Waals surface area contributed by atoms with Crippen molar-refractivity contribution in [2.24, 2.45) is 10.9 Å². The molecule has 1 aromatic rings. The van der Waals surface area contributed by atoms with Crippen LogP contribution in [0.2, 0.25) is 0 Å². The summed E-state index contributed by atoms with van der Waals surface area (Å²) < 4.78 is 5.26. The van der Waals surface area contributed by atoms with Crippen molar-refractivity contribution in [2.75, 3.05) is 20.7 Å². The SMILES string of the molecule is CN=C(NCCCC1CCCC1)NCc1ccccc1COC. The Bertz CT molecular complexity index is 481. The lowest BCUT2D eigenvalue weighted by atomic mass is 10.0. The zero-order chi connectivity index (χ0) is 16.3. The number of aliphatic imine (C=N–C) groups is 1. The molecule has 0 heterocycles. The van der Waals surface area contributed by atoms with Crippen LogP contribution >= 0.6 is 0 Å². The molecule has 2 rings (SSSR count). The van der Waals surface area contributed by atoms with E-state index >= 15 is 0 Å². The van der Waals surface area contributed by atoms with E-state index in [1.165, 1.54) is 49.7 Å². The maximum atomic E-state index is 5.26. The summed E-state index contributed by atoms with van der Waals surface area (Å²) in [4.78, 5) is 4.31. The number of hydrogen-bond donors (Lipinski definition) is 2. The number of benzene rings is 1. The average molecular weight is 317 g/mol. The third kappa shape index (κ3) is 6.22. The molecule has 0 spiro atoms. The van der Waals surface area contributed by atoms with Gasteiger partial charge < -0.3 is 15.4 Å². The van der Waals surface area contributed by atoms with Gasteiger partial charge in [0.25, 0.3) is 0 Å². The lowest BCUT2D eigenvalue weighted by molar-refractivity contribution is 0.184. The number of ether oxygens (including phenoxy) is 1. The molecule has 4 heteroatoms. The highest BCUT2D eigenvalue weighted by molar-refractivity contribution is 5.79. The van der Waals surface area contributed by atoms with E-state index in [-0.39, 0.29) is 0 Å². The van der Waals surface area contributed by atoms with Crippen LogP contribution in [0.3, 0.4) is 0 Å². The van der Waals surface area contributed by atoms with Crippen LogP contribution in [-0.4, -0.2) is 26.7 Å². The Morgan fingerprint density at radius 3 is 2.61 bits per heavy atom. The molecule has 1 aliphatic rings. The molecule has 0 aliphatic heterocycles. The first-order valence-electron chi connectivity index (χ1n) is 8.83. The van der Waals surface area contributed by atoms with Gasteiger partial charge in [-0.2, -0.15) is 0 Å². The highest BCUT2D eigenvalue weighted by atomic mass is 16.5. The fourth-order valence-corrected chi connectivity index (χ4v) is 3.32. The number of nitrogens with zero attached hydrogens (tertiary/aromatic N) is 1. The summed E-state index contributed by atoms with van der Waals surface area (Å²) in [5.41, 5.74) is 2.47. The van der Waals surface area contributed by atoms with E-state index in [0.29, 0.717) is 6.61 Å². The Morgan fingerprint density at radius 1 is 1.17 bits per heavy atom. The lowest BCUT2D eigenvalue weighted by Gasteiger charge is -2.15. The molecule has 0 atom stereocenters. The minimum Gasteiger partial charge on any atom is -0.380 e. The number of methoxy groups -OCH3 is 1. The molecule has 0 bridgehead atoms. The van der Waals surface area contributed by atoms with Gasteiger partial charge in [-0.15, -0.1) is 0 Å². The summed E-state index contributed by atoms with van der Waals surface area (Å²) in [6.07, 6.45) is 8.31. The monoisotopic (exact) mass is 317 g/mol. The van der Waals surface area contributed by atoms with E-state index in [4.69, 9.17) is 4.74 Å². The van der Waals surface area contributed by atoms with Gasteiger partial charge in [-0.1, -0.05) is 49.9 Å². The fraction of sp³-hybridized carbons (Fsp3) is 0.632. The molecule has 1 aromatic carbocycles. The van der Waals surface area contributed by atoms with E-state index < -0.39 is 0 Å². The molecule has 4 nitrogen and oxygen atoms in total. The molecule has 23 heavy (non-hydrogen) atoms. The minimum absolute atomic E-state index is 0.644. The van der Waals surface area contributed by atoms with E-state index in [1.54, 1.807) is 7.11 Å². The van der Waals surface area contributed by atoms with Gasteiger partial charge in [0.1, 0.15) is 0 Å². The van der Waals surface area contributed by atoms with Crippen LogP contribution in [0.4, 0.5) is 0 Å². The Balaban J connectivity index is 1.70. The standard InChI is InChI=1S/C19H31N3O/c1-20-19(21-13-7-10-16-8-3-4-9-16)22-14-17-11-5-6-12-18(17)15-23-2/h5-6,11-12,16H,3-4,7-10,13-15H2,1-2H3,(H2,20,21,22). The minimum atomic E-state index is 0.644. The fourth-order valence-electron chi connectivity index (χ4n) is 3.32. The van der Waals surface area contributed by atoms with Crippen molar-refractivity contribution in [3.05, 3.63) is 35.4 Å². The van der Waals surface area contributed by atoms with Crippen LogP contribution in [0, 0.1) is 5.92 Å². The number of hydrogen-bond acceptors (Lipinski definition) is 2. The molecule has 1 fully saturated rings. The van der Waals surface area contributed by atoms with Crippen molar-refractivity contribution in [3.8, 4) is 0 Å². The largest absolute Gasteiger partial charge is 0.380 e. The summed E-state index contributed by atoms with van der Waals surface area (Å²) in [7, 11) is 3.56. The molecule has 0 radical (unpaired) electrons. The smallest absolute Gasteiger partial charge is 0.191 e. The molecule has 0 unspecified atom stereocenters. The quantitative estimate of drug-likeness (QED) is 0.438. The molecule has 1 aliphatic carbocycles. The van der Waals surface area contributed by atoms with Gasteiger partial charge >= 0.3 is 0 Å².